The van der Waals surface area contributed by atoms with E-state index >= 15 is 0 Å². The largest absolute Gasteiger partial charge is 0.494 e. The zero-order valence-electron chi connectivity index (χ0n) is 17.9. The van der Waals surface area contributed by atoms with Crippen molar-refractivity contribution in [2.75, 3.05) is 18.5 Å². The number of rotatable bonds is 10. The van der Waals surface area contributed by atoms with Crippen molar-refractivity contribution in [3.63, 3.8) is 0 Å². The zero-order chi connectivity index (χ0) is 20.5. The highest BCUT2D eigenvalue weighted by atomic mass is 16.5. The molecule has 1 N–H and O–H groups in total. The summed E-state index contributed by atoms with van der Waals surface area (Å²) in [5.74, 6) is 1.25. The van der Waals surface area contributed by atoms with Crippen LogP contribution in [0.25, 0.3) is 0 Å². The van der Waals surface area contributed by atoms with Crippen LogP contribution in [0, 0.1) is 0 Å². The van der Waals surface area contributed by atoms with Gasteiger partial charge < -0.3 is 15.0 Å². The summed E-state index contributed by atoms with van der Waals surface area (Å²) in [6.45, 7) is 3.73. The van der Waals surface area contributed by atoms with Crippen molar-refractivity contribution in [2.45, 2.75) is 90.0 Å². The fourth-order valence-corrected chi connectivity index (χ4v) is 4.39. The van der Waals surface area contributed by atoms with E-state index in [1.807, 2.05) is 18.2 Å². The normalized spacial score (nSPS) is 16.8. The third-order valence-electron chi connectivity index (χ3n) is 6.11. The van der Waals surface area contributed by atoms with Crippen molar-refractivity contribution in [1.29, 1.82) is 0 Å². The van der Waals surface area contributed by atoms with Crippen LogP contribution >= 0.6 is 0 Å². The summed E-state index contributed by atoms with van der Waals surface area (Å²) in [7, 11) is 0. The van der Waals surface area contributed by atoms with Crippen LogP contribution in [0.5, 0.6) is 5.75 Å². The predicted molar refractivity (Wildman–Crippen MR) is 116 cm³/mol. The molecule has 0 atom stereocenters. The molecule has 0 saturated heterocycles. The number of nitrogens with zero attached hydrogens (tertiary/aromatic N) is 1. The molecule has 29 heavy (non-hydrogen) atoms. The Morgan fingerprint density at radius 1 is 1.14 bits per heavy atom. The lowest BCUT2D eigenvalue weighted by Crippen LogP contribution is -2.42. The number of carbonyl (C=O) groups is 2. The number of amides is 2. The van der Waals surface area contributed by atoms with E-state index in [0.29, 0.717) is 31.4 Å². The highest BCUT2D eigenvalue weighted by molar-refractivity contribution is 5.94. The monoisotopic (exact) mass is 400 g/mol. The Hall–Kier alpha value is -2.04. The molecule has 1 fully saturated rings. The molecule has 0 aromatic heterocycles. The minimum atomic E-state index is 0.0806. The van der Waals surface area contributed by atoms with Crippen molar-refractivity contribution in [3.8, 4) is 5.75 Å². The van der Waals surface area contributed by atoms with E-state index in [1.54, 1.807) is 0 Å². The van der Waals surface area contributed by atoms with Gasteiger partial charge in [0.1, 0.15) is 5.75 Å². The summed E-state index contributed by atoms with van der Waals surface area (Å²) in [4.78, 5) is 26.4. The molecule has 5 nitrogen and oxygen atoms in total. The summed E-state index contributed by atoms with van der Waals surface area (Å²) in [5, 5.41) is 2.89. The number of aryl methyl sites for hydroxylation is 1. The first-order chi connectivity index (χ1) is 14.2. The highest BCUT2D eigenvalue weighted by Gasteiger charge is 2.24. The van der Waals surface area contributed by atoms with Gasteiger partial charge in [0.2, 0.25) is 11.8 Å². The minimum absolute atomic E-state index is 0.0806. The maximum Gasteiger partial charge on any atom is 0.224 e. The van der Waals surface area contributed by atoms with Crippen molar-refractivity contribution >= 4 is 17.5 Å². The van der Waals surface area contributed by atoms with Crippen LogP contribution in [0.15, 0.2) is 18.2 Å². The molecule has 1 heterocycles. The minimum Gasteiger partial charge on any atom is -0.494 e. The number of carbonyl (C=O) groups excluding carboxylic acids is 2. The fourth-order valence-electron chi connectivity index (χ4n) is 4.39. The van der Waals surface area contributed by atoms with Crippen LogP contribution in [0.4, 0.5) is 5.69 Å². The molecule has 1 aromatic carbocycles. The number of hydrogen-bond acceptors (Lipinski definition) is 3. The number of nitrogens with one attached hydrogen (secondary N) is 1. The van der Waals surface area contributed by atoms with E-state index in [4.69, 9.17) is 4.74 Å². The van der Waals surface area contributed by atoms with Gasteiger partial charge in [0.25, 0.3) is 0 Å². The Labute approximate surface area is 175 Å². The van der Waals surface area contributed by atoms with Gasteiger partial charge in [-0.25, -0.2) is 0 Å². The van der Waals surface area contributed by atoms with Gasteiger partial charge in [-0.05, 0) is 62.3 Å². The van der Waals surface area contributed by atoms with Gasteiger partial charge in [-0.2, -0.15) is 0 Å². The van der Waals surface area contributed by atoms with Crippen LogP contribution < -0.4 is 10.1 Å². The molecule has 0 bridgehead atoms. The van der Waals surface area contributed by atoms with E-state index in [0.717, 1.165) is 55.6 Å². The molecular formula is C24H36N2O3. The average molecular weight is 401 g/mol. The Balaban J connectivity index is 1.39. The van der Waals surface area contributed by atoms with Crippen LogP contribution in [0.3, 0.4) is 0 Å². The summed E-state index contributed by atoms with van der Waals surface area (Å²) in [6.07, 6.45) is 12.1. The van der Waals surface area contributed by atoms with E-state index < -0.39 is 0 Å². The van der Waals surface area contributed by atoms with Gasteiger partial charge in [0.15, 0.2) is 0 Å². The third-order valence-corrected chi connectivity index (χ3v) is 6.11. The van der Waals surface area contributed by atoms with E-state index in [9.17, 15) is 9.59 Å². The number of hydrogen-bond donors (Lipinski definition) is 1. The molecule has 0 radical (unpaired) electrons. The predicted octanol–water partition coefficient (Wildman–Crippen LogP) is 5.08. The lowest BCUT2D eigenvalue weighted by Gasteiger charge is -2.34. The summed E-state index contributed by atoms with van der Waals surface area (Å²) in [5.41, 5.74) is 2.03. The molecule has 1 aliphatic heterocycles. The van der Waals surface area contributed by atoms with Crippen molar-refractivity contribution < 1.29 is 14.3 Å². The average Bonchev–Trinajstić information content (AvgIpc) is 2.74. The Morgan fingerprint density at radius 2 is 1.97 bits per heavy atom. The van der Waals surface area contributed by atoms with Crippen LogP contribution in [0.2, 0.25) is 0 Å². The first-order valence-electron chi connectivity index (χ1n) is 11.5. The molecule has 2 aliphatic rings. The summed E-state index contributed by atoms with van der Waals surface area (Å²) in [6, 6.07) is 6.32. The first kappa shape index (κ1) is 21.7. The van der Waals surface area contributed by atoms with E-state index in [1.165, 1.54) is 32.1 Å². The van der Waals surface area contributed by atoms with Crippen LogP contribution in [-0.4, -0.2) is 35.9 Å². The summed E-state index contributed by atoms with van der Waals surface area (Å²) >= 11 is 0. The van der Waals surface area contributed by atoms with Crippen molar-refractivity contribution in [1.82, 2.24) is 4.90 Å². The number of unbranched alkanes of at least 4 members (excludes halogenated alkanes) is 2. The maximum absolute atomic E-state index is 12.8. The van der Waals surface area contributed by atoms with Gasteiger partial charge in [-0.3, -0.25) is 9.59 Å². The third kappa shape index (κ3) is 6.48. The van der Waals surface area contributed by atoms with Gasteiger partial charge in [0.05, 0.1) is 6.61 Å². The second-order valence-electron chi connectivity index (χ2n) is 8.41. The molecule has 5 heteroatoms. The number of benzene rings is 1. The molecule has 2 amide bonds. The molecule has 1 aromatic rings. The standard InChI is InChI=1S/C24H36N2O3/c1-2-3-16-26(20-9-5-4-6-10-20)24(28)11-7-8-17-29-21-13-14-22-19(18-21)12-15-23(27)25-22/h13-14,18,20H,2-12,15-17H2,1H3,(H,25,27). The second kappa shape index (κ2) is 11.2. The molecular weight excluding hydrogens is 364 g/mol. The molecule has 0 spiro atoms. The Bertz CT molecular complexity index is 683. The number of fused-ring (bicyclic) bond motifs is 1. The summed E-state index contributed by atoms with van der Waals surface area (Å²) < 4.78 is 5.88. The number of anilines is 1. The second-order valence-corrected chi connectivity index (χ2v) is 8.41. The van der Waals surface area contributed by atoms with Gasteiger partial charge in [-0.1, -0.05) is 32.6 Å². The Kier molecular flexibility index (Phi) is 8.38. The van der Waals surface area contributed by atoms with Crippen molar-refractivity contribution in [2.24, 2.45) is 0 Å². The lowest BCUT2D eigenvalue weighted by atomic mass is 9.93. The van der Waals surface area contributed by atoms with Crippen LogP contribution in [-0.2, 0) is 16.0 Å². The van der Waals surface area contributed by atoms with Gasteiger partial charge in [0, 0.05) is 31.1 Å². The van der Waals surface area contributed by atoms with E-state index in [2.05, 4.69) is 17.1 Å². The smallest absolute Gasteiger partial charge is 0.224 e. The molecule has 3 rings (SSSR count). The fraction of sp³-hybridized carbons (Fsp3) is 0.667. The van der Waals surface area contributed by atoms with Crippen molar-refractivity contribution in [3.05, 3.63) is 23.8 Å². The van der Waals surface area contributed by atoms with E-state index in [-0.39, 0.29) is 5.91 Å². The topological polar surface area (TPSA) is 58.6 Å². The molecule has 1 saturated carbocycles. The first-order valence-corrected chi connectivity index (χ1v) is 11.5. The lowest BCUT2D eigenvalue weighted by molar-refractivity contribution is -0.134. The van der Waals surface area contributed by atoms with Gasteiger partial charge >= 0.3 is 0 Å². The zero-order valence-corrected chi connectivity index (χ0v) is 17.9. The highest BCUT2D eigenvalue weighted by Crippen LogP contribution is 2.27. The van der Waals surface area contributed by atoms with Gasteiger partial charge in [-0.15, -0.1) is 0 Å². The SMILES string of the molecule is CCCCN(C(=O)CCCCOc1ccc2c(c1)CCC(=O)N2)C1CCCCC1. The maximum atomic E-state index is 12.8. The Morgan fingerprint density at radius 3 is 2.76 bits per heavy atom. The number of ether oxygens (including phenoxy) is 1. The molecule has 1 aliphatic carbocycles. The molecule has 160 valence electrons. The quantitative estimate of drug-likeness (QED) is 0.557. The molecule has 0 unspecified atom stereocenters. The van der Waals surface area contributed by atoms with Crippen LogP contribution in [0.1, 0.15) is 83.1 Å².